The summed E-state index contributed by atoms with van der Waals surface area (Å²) < 4.78 is 29.9. The number of rotatable bonds is 11. The van der Waals surface area contributed by atoms with E-state index in [1.54, 1.807) is 6.07 Å². The number of anilines is 2. The summed E-state index contributed by atoms with van der Waals surface area (Å²) in [5, 5.41) is 6.29. The highest BCUT2D eigenvalue weighted by Crippen LogP contribution is 2.40. The van der Waals surface area contributed by atoms with Crippen LogP contribution >= 0.6 is 0 Å². The molecule has 2 N–H and O–H groups in total. The Kier molecular flexibility index (Phi) is 7.94. The van der Waals surface area contributed by atoms with Crippen molar-refractivity contribution in [3.8, 4) is 11.3 Å². The van der Waals surface area contributed by atoms with Crippen LogP contribution in [0, 0.1) is 17.0 Å². The molecule has 2 aliphatic rings. The van der Waals surface area contributed by atoms with Gasteiger partial charge in [0.1, 0.15) is 23.0 Å². The lowest BCUT2D eigenvalue weighted by Crippen LogP contribution is -2.71. The van der Waals surface area contributed by atoms with Crippen molar-refractivity contribution in [2.75, 3.05) is 45.1 Å². The van der Waals surface area contributed by atoms with E-state index < -0.39 is 11.6 Å². The highest BCUT2D eigenvalue weighted by atomic mass is 19.1. The maximum absolute atomic E-state index is 15.0. The lowest BCUT2D eigenvalue weighted by Gasteiger charge is -2.60. The maximum Gasteiger partial charge on any atom is 0.229 e. The normalized spacial score (nSPS) is 16.9. The van der Waals surface area contributed by atoms with Crippen LogP contribution in [-0.4, -0.2) is 76.8 Å². The Balaban J connectivity index is 1.27. The summed E-state index contributed by atoms with van der Waals surface area (Å²) in [5.41, 5.74) is 2.61. The van der Waals surface area contributed by atoms with Gasteiger partial charge in [0.25, 0.3) is 0 Å². The number of nitrogens with one attached hydrogen (secondary N) is 2. The topological polar surface area (TPSA) is 81.6 Å². The fraction of sp³-hybridized carbons (Fsp3) is 0.467. The van der Waals surface area contributed by atoms with Crippen molar-refractivity contribution in [2.24, 2.45) is 10.4 Å². The Morgan fingerprint density at radius 1 is 1.05 bits per heavy atom. The molecule has 0 amide bonds. The molecule has 1 aromatic carbocycles. The first-order valence-corrected chi connectivity index (χ1v) is 13.8. The van der Waals surface area contributed by atoms with E-state index in [1.807, 2.05) is 25.4 Å². The number of halogens is 2. The molecule has 8 nitrogen and oxygen atoms in total. The Labute approximate surface area is 235 Å². The molecular weight excluding hydrogens is 510 g/mol. The van der Waals surface area contributed by atoms with Crippen molar-refractivity contribution in [1.29, 1.82) is 0 Å². The van der Waals surface area contributed by atoms with Crippen molar-refractivity contribution in [2.45, 2.75) is 45.7 Å². The van der Waals surface area contributed by atoms with Gasteiger partial charge in [-0.25, -0.2) is 23.7 Å². The largest absolute Gasteiger partial charge is 0.315 e. The van der Waals surface area contributed by atoms with E-state index >= 15 is 0 Å². The molecule has 0 saturated carbocycles. The number of hydrogen-bond donors (Lipinski definition) is 2. The van der Waals surface area contributed by atoms with Crippen molar-refractivity contribution in [1.82, 2.24) is 30.1 Å². The van der Waals surface area contributed by atoms with Gasteiger partial charge in [-0.2, -0.15) is 0 Å². The number of aromatic nitrogens is 3. The Morgan fingerprint density at radius 2 is 1.80 bits per heavy atom. The predicted molar refractivity (Wildman–Crippen MR) is 155 cm³/mol. The van der Waals surface area contributed by atoms with Crippen LogP contribution in [0.4, 0.5) is 26.2 Å². The minimum atomic E-state index is -0.644. The zero-order valence-corrected chi connectivity index (χ0v) is 23.8. The molecule has 0 unspecified atom stereocenters. The maximum atomic E-state index is 15.0. The fourth-order valence-corrected chi connectivity index (χ4v) is 5.67. The molecule has 0 aliphatic carbocycles. The summed E-state index contributed by atoms with van der Waals surface area (Å²) in [7, 11) is 1.88. The Bertz CT molecular complexity index is 1360. The van der Waals surface area contributed by atoms with Crippen LogP contribution in [0.3, 0.4) is 0 Å². The smallest absolute Gasteiger partial charge is 0.229 e. The van der Waals surface area contributed by atoms with E-state index in [2.05, 4.69) is 67.9 Å². The lowest BCUT2D eigenvalue weighted by atomic mass is 9.73. The second kappa shape index (κ2) is 11.3. The zero-order chi connectivity index (χ0) is 28.5. The standard InChI is InChI=1S/C30H38F2N8/c1-6-39-16-30(17-39)18-40(19-30)15-20-7-8-25(35-13-20)37-28-36-14-24(32)27(38-28)22-11-21(9-10-29(2,3)34-5)26(33-4)23(31)12-22/h7-8,11-14,34H,4,6,9-10,15-19H2,1-3,5H3,(H,35,36,37,38). The molecule has 2 aromatic heterocycles. The highest BCUT2D eigenvalue weighted by molar-refractivity contribution is 5.68. The zero-order valence-electron chi connectivity index (χ0n) is 23.8. The van der Waals surface area contributed by atoms with E-state index in [0.717, 1.165) is 44.4 Å². The molecule has 2 fully saturated rings. The first-order valence-electron chi connectivity index (χ1n) is 13.8. The number of pyridine rings is 1. The SMILES string of the molecule is C=Nc1c(F)cc(-c2nc(Nc3ccc(CN4CC5(CN(CC)C5)C4)cn3)ncc2F)cc1CCC(C)(C)NC. The number of benzene rings is 1. The van der Waals surface area contributed by atoms with Gasteiger partial charge >= 0.3 is 0 Å². The molecule has 0 bridgehead atoms. The first-order chi connectivity index (χ1) is 19.1. The van der Waals surface area contributed by atoms with Crippen LogP contribution in [-0.2, 0) is 13.0 Å². The number of nitrogens with zero attached hydrogens (tertiary/aromatic N) is 6. The summed E-state index contributed by atoms with van der Waals surface area (Å²) >= 11 is 0. The molecule has 212 valence electrons. The quantitative estimate of drug-likeness (QED) is 0.328. The molecule has 5 rings (SSSR count). The molecule has 40 heavy (non-hydrogen) atoms. The number of likely N-dealkylation sites (tertiary alicyclic amines) is 2. The van der Waals surface area contributed by atoms with Gasteiger partial charge in [0.15, 0.2) is 5.82 Å². The number of hydrogen-bond acceptors (Lipinski definition) is 8. The van der Waals surface area contributed by atoms with Gasteiger partial charge in [-0.15, -0.1) is 0 Å². The molecular formula is C30H38F2N8. The Morgan fingerprint density at radius 3 is 2.45 bits per heavy atom. The third-order valence-electron chi connectivity index (χ3n) is 8.17. The van der Waals surface area contributed by atoms with Crippen molar-refractivity contribution < 1.29 is 8.78 Å². The van der Waals surface area contributed by atoms with Gasteiger partial charge in [-0.05, 0) is 76.3 Å². The Hall–Kier alpha value is -3.34. The predicted octanol–water partition coefficient (Wildman–Crippen LogP) is 4.96. The minimum Gasteiger partial charge on any atom is -0.315 e. The number of aryl methyl sites for hydroxylation is 1. The third-order valence-corrected chi connectivity index (χ3v) is 8.17. The minimum absolute atomic E-state index is 0.00195. The summed E-state index contributed by atoms with van der Waals surface area (Å²) in [6, 6.07) is 6.86. The lowest BCUT2D eigenvalue weighted by molar-refractivity contribution is -0.116. The van der Waals surface area contributed by atoms with Gasteiger partial charge in [0, 0.05) is 55.4 Å². The van der Waals surface area contributed by atoms with Crippen molar-refractivity contribution in [3.63, 3.8) is 0 Å². The highest BCUT2D eigenvalue weighted by Gasteiger charge is 2.50. The van der Waals surface area contributed by atoms with Crippen LogP contribution in [0.25, 0.3) is 11.3 Å². The third kappa shape index (κ3) is 6.04. The van der Waals surface area contributed by atoms with E-state index in [9.17, 15) is 8.78 Å². The van der Waals surface area contributed by atoms with E-state index in [0.29, 0.717) is 28.8 Å². The number of aliphatic imine (C=N–C) groups is 1. The fourth-order valence-electron chi connectivity index (χ4n) is 5.67. The van der Waals surface area contributed by atoms with Gasteiger partial charge in [0.2, 0.25) is 5.95 Å². The van der Waals surface area contributed by atoms with E-state index in [-0.39, 0.29) is 22.9 Å². The average Bonchev–Trinajstić information content (AvgIpc) is 2.90. The van der Waals surface area contributed by atoms with Gasteiger partial charge in [-0.1, -0.05) is 13.0 Å². The van der Waals surface area contributed by atoms with Crippen LogP contribution in [0.5, 0.6) is 0 Å². The molecule has 10 heteroatoms. The summed E-state index contributed by atoms with van der Waals surface area (Å²) in [6.45, 7) is 16.5. The molecule has 0 atom stereocenters. The summed E-state index contributed by atoms with van der Waals surface area (Å²) in [5.74, 6) is -0.486. The first kappa shape index (κ1) is 28.2. The van der Waals surface area contributed by atoms with Crippen LogP contribution in [0.2, 0.25) is 0 Å². The molecule has 0 radical (unpaired) electrons. The molecule has 2 saturated heterocycles. The average molecular weight is 549 g/mol. The van der Waals surface area contributed by atoms with Crippen molar-refractivity contribution in [3.05, 3.63) is 59.4 Å². The molecule has 1 spiro atoms. The van der Waals surface area contributed by atoms with Gasteiger partial charge < -0.3 is 15.5 Å². The van der Waals surface area contributed by atoms with Gasteiger partial charge in [-0.3, -0.25) is 9.89 Å². The molecule has 3 aromatic rings. The van der Waals surface area contributed by atoms with E-state index in [4.69, 9.17) is 0 Å². The van der Waals surface area contributed by atoms with Crippen LogP contribution < -0.4 is 10.6 Å². The van der Waals surface area contributed by atoms with Gasteiger partial charge in [0.05, 0.1) is 6.20 Å². The van der Waals surface area contributed by atoms with Crippen LogP contribution in [0.15, 0.2) is 41.7 Å². The second-order valence-corrected chi connectivity index (χ2v) is 11.8. The summed E-state index contributed by atoms with van der Waals surface area (Å²) in [4.78, 5) is 21.8. The molecule has 2 aliphatic heterocycles. The monoisotopic (exact) mass is 548 g/mol. The molecule has 4 heterocycles. The van der Waals surface area contributed by atoms with E-state index in [1.165, 1.54) is 19.2 Å². The van der Waals surface area contributed by atoms with Crippen LogP contribution in [0.1, 0.15) is 38.3 Å². The second-order valence-electron chi connectivity index (χ2n) is 11.8. The summed E-state index contributed by atoms with van der Waals surface area (Å²) in [6.07, 6.45) is 4.19. The van der Waals surface area contributed by atoms with Crippen molar-refractivity contribution >= 4 is 24.2 Å².